The molecule has 0 bridgehead atoms. The van der Waals surface area contributed by atoms with Gasteiger partial charge in [0, 0.05) is 19.6 Å². The van der Waals surface area contributed by atoms with Crippen LogP contribution in [0.3, 0.4) is 0 Å². The monoisotopic (exact) mass is 286 g/mol. The Morgan fingerprint density at radius 2 is 2.11 bits per heavy atom. The molecule has 0 radical (unpaired) electrons. The Kier molecular flexibility index (Phi) is 3.68. The van der Waals surface area contributed by atoms with Gasteiger partial charge in [0.15, 0.2) is 0 Å². The van der Waals surface area contributed by atoms with E-state index in [0.29, 0.717) is 18.7 Å². The minimum Gasteiger partial charge on any atom is -0.326 e. The number of hydrogen-bond donors (Lipinski definition) is 1. The zero-order chi connectivity index (χ0) is 14.3. The summed E-state index contributed by atoms with van der Waals surface area (Å²) in [5.41, 5.74) is 6.03. The van der Waals surface area contributed by atoms with Gasteiger partial charge in [-0.2, -0.15) is 4.31 Å². The zero-order valence-electron chi connectivity index (χ0n) is 11.2. The van der Waals surface area contributed by atoms with Gasteiger partial charge in [0.1, 0.15) is 10.7 Å². The fourth-order valence-corrected chi connectivity index (χ4v) is 4.02. The summed E-state index contributed by atoms with van der Waals surface area (Å²) in [5, 5.41) is 0. The predicted molar refractivity (Wildman–Crippen MR) is 71.4 cm³/mol. The van der Waals surface area contributed by atoms with Crippen LogP contribution < -0.4 is 5.73 Å². The molecule has 0 saturated carbocycles. The Bertz CT molecular complexity index is 584. The quantitative estimate of drug-likeness (QED) is 0.920. The Hall–Kier alpha value is -0.980. The summed E-state index contributed by atoms with van der Waals surface area (Å²) in [6, 6.07) is 3.99. The molecule has 0 atom stereocenters. The molecule has 0 amide bonds. The van der Waals surface area contributed by atoms with Crippen LogP contribution in [-0.2, 0) is 16.6 Å². The minimum atomic E-state index is -3.77. The first-order valence-electron chi connectivity index (χ1n) is 6.25. The third kappa shape index (κ3) is 2.80. The second-order valence-electron chi connectivity index (χ2n) is 5.72. The van der Waals surface area contributed by atoms with Crippen LogP contribution in [0.2, 0.25) is 0 Å². The van der Waals surface area contributed by atoms with Crippen LogP contribution in [-0.4, -0.2) is 25.8 Å². The maximum atomic E-state index is 13.8. The average molecular weight is 286 g/mol. The lowest BCUT2D eigenvalue weighted by Crippen LogP contribution is -2.31. The molecule has 2 N–H and O–H groups in total. The molecule has 0 unspecified atom stereocenters. The van der Waals surface area contributed by atoms with E-state index in [9.17, 15) is 12.8 Å². The van der Waals surface area contributed by atoms with Crippen molar-refractivity contribution in [2.75, 3.05) is 13.1 Å². The molecule has 1 aliphatic rings. The maximum Gasteiger partial charge on any atom is 0.246 e. The number of nitrogens with two attached hydrogens (primary N) is 1. The smallest absolute Gasteiger partial charge is 0.246 e. The van der Waals surface area contributed by atoms with Crippen molar-refractivity contribution in [2.24, 2.45) is 11.1 Å². The first kappa shape index (κ1) is 14.4. The van der Waals surface area contributed by atoms with Gasteiger partial charge in [0.2, 0.25) is 10.0 Å². The van der Waals surface area contributed by atoms with Gasteiger partial charge in [-0.15, -0.1) is 0 Å². The number of nitrogens with zero attached hydrogens (tertiary/aromatic N) is 1. The van der Waals surface area contributed by atoms with Crippen LogP contribution >= 0.6 is 0 Å². The van der Waals surface area contributed by atoms with Crippen molar-refractivity contribution >= 4 is 10.0 Å². The lowest BCUT2D eigenvalue weighted by atomic mass is 9.93. The highest BCUT2D eigenvalue weighted by molar-refractivity contribution is 7.89. The molecule has 0 spiro atoms. The molecule has 1 aromatic carbocycles. The highest BCUT2D eigenvalue weighted by Crippen LogP contribution is 2.33. The molecule has 2 rings (SSSR count). The first-order valence-corrected chi connectivity index (χ1v) is 7.69. The van der Waals surface area contributed by atoms with Gasteiger partial charge in [0.05, 0.1) is 0 Å². The molecular formula is C13H19FN2O2S. The third-order valence-corrected chi connectivity index (χ3v) is 5.35. The minimum absolute atomic E-state index is 0.0605. The van der Waals surface area contributed by atoms with Crippen molar-refractivity contribution in [1.82, 2.24) is 4.31 Å². The molecule has 0 aliphatic carbocycles. The van der Waals surface area contributed by atoms with E-state index in [0.717, 1.165) is 12.5 Å². The summed E-state index contributed by atoms with van der Waals surface area (Å²) < 4.78 is 40.1. The van der Waals surface area contributed by atoms with Crippen LogP contribution in [0.15, 0.2) is 23.1 Å². The van der Waals surface area contributed by atoms with E-state index in [4.69, 9.17) is 5.73 Å². The zero-order valence-corrected chi connectivity index (χ0v) is 12.0. The maximum absolute atomic E-state index is 13.8. The Balaban J connectivity index is 2.40. The van der Waals surface area contributed by atoms with Gasteiger partial charge in [-0.05, 0) is 29.5 Å². The number of benzene rings is 1. The van der Waals surface area contributed by atoms with Gasteiger partial charge in [-0.1, -0.05) is 19.9 Å². The molecule has 1 saturated heterocycles. The Labute approximate surface area is 113 Å². The molecule has 1 heterocycles. The van der Waals surface area contributed by atoms with Crippen molar-refractivity contribution in [3.05, 3.63) is 29.6 Å². The molecule has 19 heavy (non-hydrogen) atoms. The average Bonchev–Trinajstić information content (AvgIpc) is 2.71. The number of hydrogen-bond acceptors (Lipinski definition) is 3. The molecule has 1 fully saturated rings. The highest BCUT2D eigenvalue weighted by atomic mass is 32.2. The SMILES string of the molecule is CC1(C)CCN(S(=O)(=O)c2cc(CN)ccc2F)C1. The lowest BCUT2D eigenvalue weighted by Gasteiger charge is -2.20. The molecular weight excluding hydrogens is 267 g/mol. The summed E-state index contributed by atoms with van der Waals surface area (Å²) in [4.78, 5) is -0.270. The summed E-state index contributed by atoms with van der Waals surface area (Å²) >= 11 is 0. The highest BCUT2D eigenvalue weighted by Gasteiger charge is 2.37. The fourth-order valence-electron chi connectivity index (χ4n) is 2.28. The van der Waals surface area contributed by atoms with Crippen molar-refractivity contribution in [3.8, 4) is 0 Å². The molecule has 106 valence electrons. The topological polar surface area (TPSA) is 63.4 Å². The van der Waals surface area contributed by atoms with Gasteiger partial charge in [0.25, 0.3) is 0 Å². The summed E-state index contributed by atoms with van der Waals surface area (Å²) in [6.07, 6.45) is 0.782. The fraction of sp³-hybridized carbons (Fsp3) is 0.538. The van der Waals surface area contributed by atoms with Gasteiger partial charge in [-0.3, -0.25) is 0 Å². The summed E-state index contributed by atoms with van der Waals surface area (Å²) in [6.45, 7) is 5.06. The van der Waals surface area contributed by atoms with Crippen LogP contribution in [0.5, 0.6) is 0 Å². The second kappa shape index (κ2) is 4.85. The standard InChI is InChI=1S/C13H19FN2O2S/c1-13(2)5-6-16(9-13)19(17,18)12-7-10(8-15)3-4-11(12)14/h3-4,7H,5-6,8-9,15H2,1-2H3. The van der Waals surface area contributed by atoms with E-state index < -0.39 is 15.8 Å². The van der Waals surface area contributed by atoms with E-state index >= 15 is 0 Å². The lowest BCUT2D eigenvalue weighted by molar-refractivity contribution is 0.374. The molecule has 0 aromatic heterocycles. The second-order valence-corrected chi connectivity index (χ2v) is 7.63. The summed E-state index contributed by atoms with van der Waals surface area (Å²) in [5.74, 6) is -0.720. The Morgan fingerprint density at radius 3 is 2.63 bits per heavy atom. The van der Waals surface area contributed by atoms with Crippen molar-refractivity contribution in [1.29, 1.82) is 0 Å². The van der Waals surface area contributed by atoms with Gasteiger partial charge >= 0.3 is 0 Å². The molecule has 1 aliphatic heterocycles. The van der Waals surface area contributed by atoms with E-state index in [1.165, 1.54) is 16.4 Å². The van der Waals surface area contributed by atoms with Crippen molar-refractivity contribution in [2.45, 2.75) is 31.7 Å². The Morgan fingerprint density at radius 1 is 1.42 bits per heavy atom. The number of halogens is 1. The molecule has 1 aromatic rings. The number of sulfonamides is 1. The summed E-state index contributed by atoms with van der Waals surface area (Å²) in [7, 11) is -3.77. The van der Waals surface area contributed by atoms with Crippen LogP contribution in [0.1, 0.15) is 25.8 Å². The first-order chi connectivity index (χ1) is 8.76. The van der Waals surface area contributed by atoms with Gasteiger partial charge in [-0.25, -0.2) is 12.8 Å². The normalized spacial score (nSPS) is 19.8. The predicted octanol–water partition coefficient (Wildman–Crippen LogP) is 1.71. The van der Waals surface area contributed by atoms with Gasteiger partial charge < -0.3 is 5.73 Å². The van der Waals surface area contributed by atoms with Crippen molar-refractivity contribution < 1.29 is 12.8 Å². The van der Waals surface area contributed by atoms with Crippen LogP contribution in [0.25, 0.3) is 0 Å². The number of rotatable bonds is 3. The molecule has 4 nitrogen and oxygen atoms in total. The van der Waals surface area contributed by atoms with Crippen LogP contribution in [0.4, 0.5) is 4.39 Å². The van der Waals surface area contributed by atoms with Crippen LogP contribution in [0, 0.1) is 11.2 Å². The van der Waals surface area contributed by atoms with E-state index in [1.807, 2.05) is 13.8 Å². The van der Waals surface area contributed by atoms with E-state index in [1.54, 1.807) is 0 Å². The third-order valence-electron chi connectivity index (χ3n) is 3.49. The van der Waals surface area contributed by atoms with E-state index in [-0.39, 0.29) is 16.9 Å². The van der Waals surface area contributed by atoms with E-state index in [2.05, 4.69) is 0 Å². The molecule has 6 heteroatoms. The van der Waals surface area contributed by atoms with Crippen molar-refractivity contribution in [3.63, 3.8) is 0 Å². The largest absolute Gasteiger partial charge is 0.326 e.